The largest absolute Gasteiger partial charge is 0.508 e. The van der Waals surface area contributed by atoms with Gasteiger partial charge in [-0.15, -0.1) is 0 Å². The molecule has 2 aromatic carbocycles. The van der Waals surface area contributed by atoms with Crippen LogP contribution in [0.3, 0.4) is 0 Å². The van der Waals surface area contributed by atoms with Gasteiger partial charge >= 0.3 is 0 Å². The van der Waals surface area contributed by atoms with Crippen molar-refractivity contribution in [2.24, 2.45) is 5.16 Å². The fourth-order valence-corrected chi connectivity index (χ4v) is 2.05. The summed E-state index contributed by atoms with van der Waals surface area (Å²) < 4.78 is 13.4. The van der Waals surface area contributed by atoms with Crippen LogP contribution in [0.15, 0.2) is 41.6 Å². The Hall–Kier alpha value is -2.56. The van der Waals surface area contributed by atoms with Crippen LogP contribution in [0.4, 0.5) is 4.39 Å². The number of benzene rings is 2. The fraction of sp³-hybridized carbons (Fsp3) is 0.133. The van der Waals surface area contributed by atoms with Crippen molar-refractivity contribution in [1.29, 1.82) is 0 Å². The number of phenols is 2. The van der Waals surface area contributed by atoms with E-state index < -0.39 is 5.82 Å². The summed E-state index contributed by atoms with van der Waals surface area (Å²) in [4.78, 5) is 0. The maximum Gasteiger partial charge on any atom is 0.127 e. The standard InChI is InChI=1S/C15H14FNO3/c1-2-14(17-20)13-7-9(16)3-5-11(13)12-6-4-10(18)8-15(12)19/h3-8,18-20H,2H2,1H3. The van der Waals surface area contributed by atoms with Crippen LogP contribution in [0.25, 0.3) is 11.1 Å². The summed E-state index contributed by atoms with van der Waals surface area (Å²) in [6.45, 7) is 1.78. The van der Waals surface area contributed by atoms with Crippen LogP contribution >= 0.6 is 0 Å². The van der Waals surface area contributed by atoms with Gasteiger partial charge in [0.1, 0.15) is 17.3 Å². The van der Waals surface area contributed by atoms with Crippen molar-refractivity contribution in [1.82, 2.24) is 0 Å². The number of hydrogen-bond acceptors (Lipinski definition) is 4. The van der Waals surface area contributed by atoms with E-state index in [1.165, 1.54) is 36.4 Å². The molecule has 0 amide bonds. The molecule has 0 radical (unpaired) electrons. The number of rotatable bonds is 3. The van der Waals surface area contributed by atoms with Gasteiger partial charge in [0.2, 0.25) is 0 Å². The van der Waals surface area contributed by atoms with Crippen molar-refractivity contribution in [2.45, 2.75) is 13.3 Å². The van der Waals surface area contributed by atoms with Crippen LogP contribution in [-0.2, 0) is 0 Å². The summed E-state index contributed by atoms with van der Waals surface area (Å²) in [6, 6.07) is 8.15. The molecular weight excluding hydrogens is 261 g/mol. The molecule has 0 aliphatic rings. The number of aromatic hydroxyl groups is 2. The zero-order valence-electron chi connectivity index (χ0n) is 10.8. The smallest absolute Gasteiger partial charge is 0.127 e. The second-order valence-electron chi connectivity index (χ2n) is 4.29. The molecule has 0 aromatic heterocycles. The molecule has 0 fully saturated rings. The molecule has 0 unspecified atom stereocenters. The summed E-state index contributed by atoms with van der Waals surface area (Å²) >= 11 is 0. The molecule has 2 aromatic rings. The highest BCUT2D eigenvalue weighted by Crippen LogP contribution is 2.34. The Kier molecular flexibility index (Phi) is 3.89. The second kappa shape index (κ2) is 5.61. The maximum atomic E-state index is 13.4. The molecule has 2 rings (SSSR count). The lowest BCUT2D eigenvalue weighted by atomic mass is 9.94. The van der Waals surface area contributed by atoms with E-state index in [9.17, 15) is 14.6 Å². The molecule has 5 heteroatoms. The zero-order chi connectivity index (χ0) is 14.7. The third-order valence-corrected chi connectivity index (χ3v) is 3.02. The molecule has 0 aliphatic carbocycles. The van der Waals surface area contributed by atoms with Crippen LogP contribution in [0.1, 0.15) is 18.9 Å². The lowest BCUT2D eigenvalue weighted by molar-refractivity contribution is 0.318. The number of halogens is 1. The monoisotopic (exact) mass is 275 g/mol. The van der Waals surface area contributed by atoms with Gasteiger partial charge in [-0.05, 0) is 36.2 Å². The first kappa shape index (κ1) is 13.9. The van der Waals surface area contributed by atoms with Crippen molar-refractivity contribution in [3.05, 3.63) is 47.8 Å². The molecule has 0 spiro atoms. The average Bonchev–Trinajstić information content (AvgIpc) is 2.41. The van der Waals surface area contributed by atoms with Crippen molar-refractivity contribution >= 4 is 5.71 Å². The van der Waals surface area contributed by atoms with E-state index in [2.05, 4.69) is 5.16 Å². The van der Waals surface area contributed by atoms with E-state index in [4.69, 9.17) is 5.21 Å². The molecule has 0 saturated heterocycles. The van der Waals surface area contributed by atoms with E-state index in [0.717, 1.165) is 0 Å². The van der Waals surface area contributed by atoms with Crippen molar-refractivity contribution in [3.63, 3.8) is 0 Å². The van der Waals surface area contributed by atoms with Crippen molar-refractivity contribution < 1.29 is 19.8 Å². The molecule has 104 valence electrons. The van der Waals surface area contributed by atoms with Crippen LogP contribution < -0.4 is 0 Å². The van der Waals surface area contributed by atoms with Gasteiger partial charge in [-0.1, -0.05) is 18.1 Å². The van der Waals surface area contributed by atoms with E-state index in [0.29, 0.717) is 28.8 Å². The molecule has 0 bridgehead atoms. The second-order valence-corrected chi connectivity index (χ2v) is 4.29. The molecule has 4 nitrogen and oxygen atoms in total. The highest BCUT2D eigenvalue weighted by molar-refractivity contribution is 6.06. The Morgan fingerprint density at radius 3 is 2.40 bits per heavy atom. The minimum Gasteiger partial charge on any atom is -0.508 e. The van der Waals surface area contributed by atoms with Gasteiger partial charge in [0.05, 0.1) is 5.71 Å². The van der Waals surface area contributed by atoms with Gasteiger partial charge in [-0.3, -0.25) is 0 Å². The van der Waals surface area contributed by atoms with E-state index in [-0.39, 0.29) is 11.5 Å². The first-order valence-corrected chi connectivity index (χ1v) is 6.10. The quantitative estimate of drug-likeness (QED) is 0.456. The first-order chi connectivity index (χ1) is 9.56. The number of phenolic OH excluding ortho intramolecular Hbond substituents is 2. The SMILES string of the molecule is CCC(=NO)c1cc(F)ccc1-c1ccc(O)cc1O. The highest BCUT2D eigenvalue weighted by Gasteiger charge is 2.14. The van der Waals surface area contributed by atoms with Gasteiger partial charge < -0.3 is 15.4 Å². The Morgan fingerprint density at radius 1 is 1.10 bits per heavy atom. The summed E-state index contributed by atoms with van der Waals surface area (Å²) in [5, 5.41) is 31.4. The summed E-state index contributed by atoms with van der Waals surface area (Å²) in [6.07, 6.45) is 0.409. The Balaban J connectivity index is 2.68. The van der Waals surface area contributed by atoms with Crippen LogP contribution in [0.5, 0.6) is 11.5 Å². The Labute approximate surface area is 115 Å². The predicted molar refractivity (Wildman–Crippen MR) is 73.8 cm³/mol. The summed E-state index contributed by atoms with van der Waals surface area (Å²) in [5.41, 5.74) is 1.66. The predicted octanol–water partition coefficient (Wildman–Crippen LogP) is 3.49. The Morgan fingerprint density at radius 2 is 1.80 bits per heavy atom. The number of oxime groups is 1. The molecule has 3 N–H and O–H groups in total. The van der Waals surface area contributed by atoms with E-state index >= 15 is 0 Å². The van der Waals surface area contributed by atoms with Crippen LogP contribution in [0, 0.1) is 5.82 Å². The van der Waals surface area contributed by atoms with Gasteiger partial charge in [0, 0.05) is 17.2 Å². The molecule has 20 heavy (non-hydrogen) atoms. The van der Waals surface area contributed by atoms with Crippen LogP contribution in [0.2, 0.25) is 0 Å². The van der Waals surface area contributed by atoms with E-state index in [1.54, 1.807) is 6.92 Å². The number of nitrogens with zero attached hydrogens (tertiary/aromatic N) is 1. The average molecular weight is 275 g/mol. The lowest BCUT2D eigenvalue weighted by Crippen LogP contribution is -2.02. The summed E-state index contributed by atoms with van der Waals surface area (Å²) in [7, 11) is 0. The minimum atomic E-state index is -0.461. The van der Waals surface area contributed by atoms with Crippen molar-refractivity contribution in [2.75, 3.05) is 0 Å². The fourth-order valence-electron chi connectivity index (χ4n) is 2.05. The topological polar surface area (TPSA) is 73.1 Å². The maximum absolute atomic E-state index is 13.4. The van der Waals surface area contributed by atoms with Crippen LogP contribution in [-0.4, -0.2) is 21.1 Å². The number of hydrogen-bond donors (Lipinski definition) is 3. The van der Waals surface area contributed by atoms with Gasteiger partial charge in [-0.25, -0.2) is 4.39 Å². The zero-order valence-corrected chi connectivity index (χ0v) is 10.8. The van der Waals surface area contributed by atoms with E-state index in [1.807, 2.05) is 0 Å². The highest BCUT2D eigenvalue weighted by atomic mass is 19.1. The summed E-state index contributed by atoms with van der Waals surface area (Å²) in [5.74, 6) is -0.663. The first-order valence-electron chi connectivity index (χ1n) is 6.10. The Bertz CT molecular complexity index is 668. The molecule has 0 aliphatic heterocycles. The molecule has 0 atom stereocenters. The van der Waals surface area contributed by atoms with Gasteiger partial charge in [-0.2, -0.15) is 0 Å². The third kappa shape index (κ3) is 2.56. The molecular formula is C15H14FNO3. The molecule has 0 saturated carbocycles. The molecule has 0 heterocycles. The van der Waals surface area contributed by atoms with Gasteiger partial charge in [0.25, 0.3) is 0 Å². The lowest BCUT2D eigenvalue weighted by Gasteiger charge is -2.12. The minimum absolute atomic E-state index is 0.0681. The van der Waals surface area contributed by atoms with Crippen molar-refractivity contribution in [3.8, 4) is 22.6 Å². The third-order valence-electron chi connectivity index (χ3n) is 3.02. The normalized spacial score (nSPS) is 11.6. The van der Waals surface area contributed by atoms with Gasteiger partial charge in [0.15, 0.2) is 0 Å².